The van der Waals surface area contributed by atoms with Gasteiger partial charge in [-0.15, -0.1) is 0 Å². The molecule has 0 saturated heterocycles. The molecular weight excluding hydrogens is 309 g/mol. The van der Waals surface area contributed by atoms with Crippen molar-refractivity contribution in [3.8, 4) is 5.75 Å². The molecule has 0 bridgehead atoms. The number of rotatable bonds is 5. The summed E-state index contributed by atoms with van der Waals surface area (Å²) in [5.74, 6) is 0.749. The molecule has 0 aromatic heterocycles. The fourth-order valence-electron chi connectivity index (χ4n) is 0.997. The monoisotopic (exact) mass is 333 g/mol. The van der Waals surface area contributed by atoms with E-state index in [1.165, 1.54) is 0 Å². The maximum absolute atomic E-state index is 10.4. The molecule has 0 spiro atoms. The Morgan fingerprint density at radius 3 is 2.14 bits per heavy atom. The quantitative estimate of drug-likeness (QED) is 0.645. The maximum atomic E-state index is 10.4. The fraction of sp³-hybridized carbons (Fsp3) is 0.533. The van der Waals surface area contributed by atoms with Gasteiger partial charge in [0.05, 0.1) is 11.6 Å². The first kappa shape index (κ1) is 20.3. The van der Waals surface area contributed by atoms with Gasteiger partial charge in [-0.25, -0.2) is 0 Å². The Balaban J connectivity index is 0.000000567. The Hall–Kier alpha value is -0.670. The summed E-state index contributed by atoms with van der Waals surface area (Å²) in [4.78, 5) is 10.4. The molecule has 0 saturated carbocycles. The van der Waals surface area contributed by atoms with Crippen LogP contribution in [0.2, 0.25) is 5.02 Å². The molecule has 2 atom stereocenters. The van der Waals surface area contributed by atoms with Crippen molar-refractivity contribution >= 4 is 26.2 Å². The summed E-state index contributed by atoms with van der Waals surface area (Å²) in [6, 6.07) is 6.95. The highest BCUT2D eigenvalue weighted by Crippen LogP contribution is 2.30. The predicted molar refractivity (Wildman–Crippen MR) is 90.3 cm³/mol. The van der Waals surface area contributed by atoms with Gasteiger partial charge in [-0.2, -0.15) is 0 Å². The summed E-state index contributed by atoms with van der Waals surface area (Å²) in [6.07, 6.45) is 0.851. The Morgan fingerprint density at radius 1 is 1.29 bits per heavy atom. The van der Waals surface area contributed by atoms with E-state index in [4.69, 9.17) is 20.9 Å². The first-order valence-electron chi connectivity index (χ1n) is 6.62. The third-order valence-electron chi connectivity index (χ3n) is 2.26. The Morgan fingerprint density at radius 2 is 1.76 bits per heavy atom. The van der Waals surface area contributed by atoms with Crippen molar-refractivity contribution in [2.24, 2.45) is 0 Å². The highest BCUT2D eigenvalue weighted by Gasteiger charge is 2.07. The second-order valence-electron chi connectivity index (χ2n) is 5.41. The molecule has 120 valence electrons. The summed E-state index contributed by atoms with van der Waals surface area (Å²) in [6.45, 7) is 9.76. The van der Waals surface area contributed by atoms with E-state index in [0.717, 1.165) is 12.0 Å². The first-order valence-corrected chi connectivity index (χ1v) is 8.70. The van der Waals surface area contributed by atoms with E-state index in [1.54, 1.807) is 38.3 Å². The second-order valence-corrected chi connectivity index (χ2v) is 7.29. The number of ether oxygens (including phenoxy) is 1. The molecule has 6 heteroatoms. The van der Waals surface area contributed by atoms with Crippen LogP contribution in [0.25, 0.3) is 0 Å². The maximum Gasteiger partial charge on any atom is 0.158 e. The molecule has 0 radical (unpaired) electrons. The zero-order chi connectivity index (χ0) is 16.5. The van der Waals surface area contributed by atoms with Crippen LogP contribution in [0.5, 0.6) is 5.75 Å². The number of carbonyl (C=O) groups is 1. The van der Waals surface area contributed by atoms with Crippen molar-refractivity contribution in [1.29, 1.82) is 0 Å². The van der Waals surface area contributed by atoms with Crippen LogP contribution in [0.1, 0.15) is 27.7 Å². The number of hydrogen-bond donors (Lipinski definition) is 1. The molecule has 0 aliphatic rings. The normalized spacial score (nSPS) is 13.7. The molecule has 0 amide bonds. The Kier molecular flexibility index (Phi) is 9.80. The number of nitrogens with one attached hydrogen (secondary N) is 1. The number of methoxy groups -OCH3 is 1. The molecule has 1 aromatic rings. The van der Waals surface area contributed by atoms with Gasteiger partial charge in [0.1, 0.15) is 12.0 Å². The fourth-order valence-corrected chi connectivity index (χ4v) is 2.25. The van der Waals surface area contributed by atoms with Crippen molar-refractivity contribution in [2.75, 3.05) is 13.8 Å². The zero-order valence-electron chi connectivity index (χ0n) is 13.5. The van der Waals surface area contributed by atoms with Crippen molar-refractivity contribution in [1.82, 2.24) is 5.09 Å². The van der Waals surface area contributed by atoms with Crippen molar-refractivity contribution < 1.29 is 14.1 Å². The van der Waals surface area contributed by atoms with E-state index in [-0.39, 0.29) is 11.6 Å². The summed E-state index contributed by atoms with van der Waals surface area (Å²) in [5, 5.41) is 3.71. The van der Waals surface area contributed by atoms with Gasteiger partial charge in [0.2, 0.25) is 0 Å². The summed E-state index contributed by atoms with van der Waals surface area (Å²) >= 11 is 5.74. The lowest BCUT2D eigenvalue weighted by Gasteiger charge is -2.16. The van der Waals surface area contributed by atoms with Gasteiger partial charge < -0.3 is 14.1 Å². The van der Waals surface area contributed by atoms with Gasteiger partial charge >= 0.3 is 0 Å². The predicted octanol–water partition coefficient (Wildman–Crippen LogP) is 4.27. The molecule has 21 heavy (non-hydrogen) atoms. The standard InChI is InChI=1S/C10H13ClNO2P.C5H12O/c1-8(7-13)12-15(2)14-10-5-3-9(11)4-6-10;1-5(2,3)6-4/h3-8,12H,1-2H3;1-4H3/t8-,15?;/m0./s1. The summed E-state index contributed by atoms with van der Waals surface area (Å²) in [5.41, 5.74) is 0.0417. The third kappa shape index (κ3) is 11.6. The van der Waals surface area contributed by atoms with Crippen LogP contribution in [-0.4, -0.2) is 31.7 Å². The molecule has 0 aliphatic heterocycles. The average molecular weight is 334 g/mol. The topological polar surface area (TPSA) is 47.6 Å². The lowest BCUT2D eigenvalue weighted by Crippen LogP contribution is -2.23. The van der Waals surface area contributed by atoms with Gasteiger partial charge in [0.25, 0.3) is 0 Å². The molecule has 0 aliphatic carbocycles. The lowest BCUT2D eigenvalue weighted by atomic mass is 10.2. The van der Waals surface area contributed by atoms with Gasteiger partial charge in [-0.3, -0.25) is 5.09 Å². The van der Waals surface area contributed by atoms with E-state index < -0.39 is 8.30 Å². The highest BCUT2D eigenvalue weighted by molar-refractivity contribution is 7.49. The minimum absolute atomic E-state index is 0.0417. The van der Waals surface area contributed by atoms with Crippen LogP contribution < -0.4 is 9.61 Å². The van der Waals surface area contributed by atoms with Gasteiger partial charge in [0, 0.05) is 18.8 Å². The molecule has 0 heterocycles. The van der Waals surface area contributed by atoms with Crippen LogP contribution in [0.4, 0.5) is 0 Å². The molecular formula is C15H25ClNO3P. The van der Waals surface area contributed by atoms with E-state index in [1.807, 2.05) is 27.4 Å². The minimum atomic E-state index is -0.836. The van der Waals surface area contributed by atoms with Crippen LogP contribution in [0.3, 0.4) is 0 Å². The smallest absolute Gasteiger partial charge is 0.158 e. The lowest BCUT2D eigenvalue weighted by molar-refractivity contribution is -0.108. The summed E-state index contributed by atoms with van der Waals surface area (Å²) in [7, 11) is 0.872. The molecule has 1 N–H and O–H groups in total. The molecule has 1 aromatic carbocycles. The minimum Gasteiger partial charge on any atom is -0.459 e. The largest absolute Gasteiger partial charge is 0.459 e. The third-order valence-corrected chi connectivity index (χ3v) is 3.77. The molecule has 1 unspecified atom stereocenters. The van der Waals surface area contributed by atoms with E-state index in [0.29, 0.717) is 5.02 Å². The highest BCUT2D eigenvalue weighted by atomic mass is 35.5. The van der Waals surface area contributed by atoms with Crippen LogP contribution in [0.15, 0.2) is 24.3 Å². The number of aldehydes is 1. The number of hydrogen-bond acceptors (Lipinski definition) is 4. The number of halogens is 1. The summed E-state index contributed by atoms with van der Waals surface area (Å²) < 4.78 is 10.5. The van der Waals surface area contributed by atoms with E-state index >= 15 is 0 Å². The van der Waals surface area contributed by atoms with E-state index in [9.17, 15) is 4.79 Å². The van der Waals surface area contributed by atoms with Gasteiger partial charge in [-0.05, 0) is 52.0 Å². The molecule has 1 rings (SSSR count). The van der Waals surface area contributed by atoms with Crippen molar-refractivity contribution in [2.45, 2.75) is 39.3 Å². The van der Waals surface area contributed by atoms with Gasteiger partial charge in [-0.1, -0.05) is 11.6 Å². The average Bonchev–Trinajstić information content (AvgIpc) is 2.41. The number of carbonyl (C=O) groups excluding carboxylic acids is 1. The Labute approximate surface area is 134 Å². The van der Waals surface area contributed by atoms with Crippen LogP contribution in [0, 0.1) is 0 Å². The van der Waals surface area contributed by atoms with E-state index in [2.05, 4.69) is 5.09 Å². The number of benzene rings is 1. The molecule has 4 nitrogen and oxygen atoms in total. The second kappa shape index (κ2) is 10.1. The first-order chi connectivity index (χ1) is 9.67. The Bertz CT molecular complexity index is 406. The van der Waals surface area contributed by atoms with Crippen LogP contribution in [-0.2, 0) is 9.53 Å². The molecule has 0 fully saturated rings. The van der Waals surface area contributed by atoms with Gasteiger partial charge in [0.15, 0.2) is 8.30 Å². The zero-order valence-corrected chi connectivity index (χ0v) is 15.2. The van der Waals surface area contributed by atoms with Crippen molar-refractivity contribution in [3.63, 3.8) is 0 Å². The van der Waals surface area contributed by atoms with Crippen molar-refractivity contribution in [3.05, 3.63) is 29.3 Å². The SMILES string of the molecule is COC(C)(C)C.C[C@@H](C=O)NP(C)Oc1ccc(Cl)cc1. The van der Waals surface area contributed by atoms with Crippen LogP contribution >= 0.6 is 19.9 Å².